The van der Waals surface area contributed by atoms with Gasteiger partial charge in [0.2, 0.25) is 0 Å². The van der Waals surface area contributed by atoms with Crippen molar-refractivity contribution >= 4 is 5.82 Å². The predicted molar refractivity (Wildman–Crippen MR) is 110 cm³/mol. The third-order valence-electron chi connectivity index (χ3n) is 6.01. The van der Waals surface area contributed by atoms with E-state index in [2.05, 4.69) is 55.9 Å². The van der Waals surface area contributed by atoms with Crippen molar-refractivity contribution in [3.05, 3.63) is 41.6 Å². The summed E-state index contributed by atoms with van der Waals surface area (Å²) < 4.78 is 0. The first-order valence-corrected chi connectivity index (χ1v) is 10.5. The Morgan fingerprint density at radius 1 is 0.821 bits per heavy atom. The van der Waals surface area contributed by atoms with E-state index in [0.717, 1.165) is 43.1 Å². The first-order valence-electron chi connectivity index (χ1n) is 10.5. The third kappa shape index (κ3) is 3.17. The maximum absolute atomic E-state index is 5.25. The lowest BCUT2D eigenvalue weighted by Gasteiger charge is -2.31. The summed E-state index contributed by atoms with van der Waals surface area (Å²) in [5.74, 6) is 1.77. The molecular formula is C22H26N6. The molecule has 144 valence electrons. The van der Waals surface area contributed by atoms with Gasteiger partial charge in [0.1, 0.15) is 5.82 Å². The Labute approximate surface area is 165 Å². The molecule has 1 saturated heterocycles. The van der Waals surface area contributed by atoms with Crippen LogP contribution in [-0.2, 0) is 12.8 Å². The number of H-pyrrole nitrogens is 1. The molecule has 5 rings (SSSR count). The van der Waals surface area contributed by atoms with E-state index in [9.17, 15) is 0 Å². The van der Waals surface area contributed by atoms with Crippen LogP contribution < -0.4 is 4.90 Å². The van der Waals surface area contributed by atoms with Gasteiger partial charge in [-0.1, -0.05) is 36.8 Å². The second kappa shape index (κ2) is 7.70. The van der Waals surface area contributed by atoms with Crippen LogP contribution in [0.25, 0.3) is 22.5 Å². The number of nitrogens with zero attached hydrogens (tertiary/aromatic N) is 5. The van der Waals surface area contributed by atoms with Gasteiger partial charge in [-0.15, -0.1) is 5.10 Å². The van der Waals surface area contributed by atoms with E-state index < -0.39 is 0 Å². The highest BCUT2D eigenvalue weighted by molar-refractivity contribution is 5.90. The Morgan fingerprint density at radius 2 is 1.61 bits per heavy atom. The molecule has 28 heavy (non-hydrogen) atoms. The minimum absolute atomic E-state index is 0.721. The molecular weight excluding hydrogens is 348 g/mol. The number of aromatic nitrogens is 5. The summed E-state index contributed by atoms with van der Waals surface area (Å²) >= 11 is 0. The zero-order valence-corrected chi connectivity index (χ0v) is 16.2. The first-order chi connectivity index (χ1) is 13.9. The van der Waals surface area contributed by atoms with Crippen LogP contribution in [0.2, 0.25) is 0 Å². The largest absolute Gasteiger partial charge is 0.356 e. The topological polar surface area (TPSA) is 70.6 Å². The highest BCUT2D eigenvalue weighted by Crippen LogP contribution is 2.42. The molecule has 6 nitrogen and oxygen atoms in total. The van der Waals surface area contributed by atoms with E-state index in [1.54, 1.807) is 0 Å². The van der Waals surface area contributed by atoms with Gasteiger partial charge < -0.3 is 4.90 Å². The van der Waals surface area contributed by atoms with E-state index in [0.29, 0.717) is 0 Å². The number of hydrogen-bond acceptors (Lipinski definition) is 5. The van der Waals surface area contributed by atoms with Crippen molar-refractivity contribution in [3.8, 4) is 22.5 Å². The normalized spacial score (nSPS) is 17.2. The van der Waals surface area contributed by atoms with Crippen molar-refractivity contribution in [2.45, 2.75) is 51.4 Å². The highest BCUT2D eigenvalue weighted by Gasteiger charge is 2.28. The fourth-order valence-corrected chi connectivity index (χ4v) is 4.65. The fraction of sp³-hybridized carbons (Fsp3) is 0.455. The van der Waals surface area contributed by atoms with Crippen LogP contribution in [0.5, 0.6) is 0 Å². The minimum atomic E-state index is 0.721. The Kier molecular flexibility index (Phi) is 4.77. The number of aryl methyl sites for hydroxylation is 1. The average Bonchev–Trinajstić information content (AvgIpc) is 3.19. The number of piperidine rings is 1. The maximum Gasteiger partial charge on any atom is 0.183 e. The fourth-order valence-electron chi connectivity index (χ4n) is 4.65. The summed E-state index contributed by atoms with van der Waals surface area (Å²) in [6.45, 7) is 2.10. The first kappa shape index (κ1) is 17.3. The van der Waals surface area contributed by atoms with Crippen LogP contribution in [0.3, 0.4) is 0 Å². The number of pyridine rings is 1. The molecule has 3 heterocycles. The van der Waals surface area contributed by atoms with Crippen molar-refractivity contribution < 1.29 is 0 Å². The van der Waals surface area contributed by atoms with Crippen LogP contribution in [0.4, 0.5) is 5.82 Å². The molecule has 0 unspecified atom stereocenters. The second-order valence-corrected chi connectivity index (χ2v) is 7.83. The Morgan fingerprint density at radius 3 is 2.39 bits per heavy atom. The molecule has 1 aromatic carbocycles. The number of fused-ring (bicyclic) bond motifs is 1. The summed E-state index contributed by atoms with van der Waals surface area (Å²) in [6, 6.07) is 10.7. The number of aromatic amines is 1. The monoisotopic (exact) mass is 374 g/mol. The Hall–Kier alpha value is -2.76. The number of anilines is 1. The minimum Gasteiger partial charge on any atom is -0.356 e. The SMILES string of the molecule is c1ccc(-c2c3c(nc(N4CCCCC4)c2-c2nnn[nH]2)CCCCC3)cc1. The van der Waals surface area contributed by atoms with Gasteiger partial charge in [-0.05, 0) is 66.5 Å². The van der Waals surface area contributed by atoms with Gasteiger partial charge in [0.15, 0.2) is 5.82 Å². The van der Waals surface area contributed by atoms with Crippen molar-refractivity contribution in [1.29, 1.82) is 0 Å². The number of rotatable bonds is 3. The molecule has 6 heteroatoms. The molecule has 0 spiro atoms. The van der Waals surface area contributed by atoms with Gasteiger partial charge in [-0.3, -0.25) is 0 Å². The Bertz CT molecular complexity index is 929. The molecule has 3 aromatic rings. The number of tetrazole rings is 1. The lowest BCUT2D eigenvalue weighted by Crippen LogP contribution is -2.31. The Balaban J connectivity index is 1.80. The van der Waals surface area contributed by atoms with Crippen molar-refractivity contribution in [2.24, 2.45) is 0 Å². The highest BCUT2D eigenvalue weighted by atomic mass is 15.5. The summed E-state index contributed by atoms with van der Waals surface area (Å²) in [5.41, 5.74) is 6.22. The van der Waals surface area contributed by atoms with Crippen LogP contribution in [0.15, 0.2) is 30.3 Å². The third-order valence-corrected chi connectivity index (χ3v) is 6.01. The zero-order valence-electron chi connectivity index (χ0n) is 16.2. The molecule has 0 saturated carbocycles. The van der Waals surface area contributed by atoms with Gasteiger partial charge >= 0.3 is 0 Å². The number of benzene rings is 1. The molecule has 1 aliphatic carbocycles. The second-order valence-electron chi connectivity index (χ2n) is 7.83. The number of hydrogen-bond donors (Lipinski definition) is 1. The van der Waals surface area contributed by atoms with Crippen LogP contribution in [0, 0.1) is 0 Å². The average molecular weight is 374 g/mol. The standard InChI is InChI=1S/C22H26N6/c1-4-10-16(11-5-1)19-17-12-6-2-7-13-18(17)23-22(28-14-8-3-9-15-28)20(19)21-24-26-27-25-21/h1,4-5,10-11H,2-3,6-9,12-15H2,(H,24,25,26,27). The van der Waals surface area contributed by atoms with E-state index in [-0.39, 0.29) is 0 Å². The van der Waals surface area contributed by atoms with Gasteiger partial charge in [0.25, 0.3) is 0 Å². The van der Waals surface area contributed by atoms with Gasteiger partial charge in [-0.25, -0.2) is 10.1 Å². The van der Waals surface area contributed by atoms with E-state index >= 15 is 0 Å². The molecule has 2 aliphatic rings. The van der Waals surface area contributed by atoms with Gasteiger partial charge in [0, 0.05) is 24.3 Å². The van der Waals surface area contributed by atoms with Crippen molar-refractivity contribution in [3.63, 3.8) is 0 Å². The van der Waals surface area contributed by atoms with Crippen LogP contribution in [-0.4, -0.2) is 38.7 Å². The van der Waals surface area contributed by atoms with Crippen molar-refractivity contribution in [1.82, 2.24) is 25.6 Å². The summed E-state index contributed by atoms with van der Waals surface area (Å²) in [6.07, 6.45) is 9.56. The van der Waals surface area contributed by atoms with Crippen LogP contribution >= 0.6 is 0 Å². The smallest absolute Gasteiger partial charge is 0.183 e. The summed E-state index contributed by atoms with van der Waals surface area (Å²) in [7, 11) is 0. The van der Waals surface area contributed by atoms with E-state index in [4.69, 9.17) is 4.98 Å². The predicted octanol–water partition coefficient (Wildman–Crippen LogP) is 4.19. The van der Waals surface area contributed by atoms with Crippen molar-refractivity contribution in [2.75, 3.05) is 18.0 Å². The molecule has 0 radical (unpaired) electrons. The molecule has 1 N–H and O–H groups in total. The molecule has 2 aromatic heterocycles. The molecule has 0 amide bonds. The maximum atomic E-state index is 5.25. The molecule has 0 bridgehead atoms. The quantitative estimate of drug-likeness (QED) is 0.696. The molecule has 1 aliphatic heterocycles. The van der Waals surface area contributed by atoms with Gasteiger partial charge in [-0.2, -0.15) is 0 Å². The number of nitrogens with one attached hydrogen (secondary N) is 1. The molecule has 1 fully saturated rings. The molecule has 0 atom stereocenters. The van der Waals surface area contributed by atoms with Gasteiger partial charge in [0.05, 0.1) is 5.56 Å². The zero-order chi connectivity index (χ0) is 18.8. The van der Waals surface area contributed by atoms with E-state index in [1.165, 1.54) is 60.9 Å². The lowest BCUT2D eigenvalue weighted by atomic mass is 9.90. The van der Waals surface area contributed by atoms with E-state index in [1.807, 2.05) is 0 Å². The van der Waals surface area contributed by atoms with Crippen LogP contribution in [0.1, 0.15) is 49.8 Å². The summed E-state index contributed by atoms with van der Waals surface area (Å²) in [5, 5.41) is 15.1. The lowest BCUT2D eigenvalue weighted by molar-refractivity contribution is 0.573. The summed E-state index contributed by atoms with van der Waals surface area (Å²) in [4.78, 5) is 7.69.